The zero-order chi connectivity index (χ0) is 20.5. The number of esters is 1. The number of imidazole rings is 1. The number of aromatic nitrogens is 4. The molecule has 0 bridgehead atoms. The number of hydrogen-bond acceptors (Lipinski definition) is 4. The van der Waals surface area contributed by atoms with Gasteiger partial charge in [0.25, 0.3) is 0 Å². The van der Waals surface area contributed by atoms with Crippen molar-refractivity contribution in [2.75, 3.05) is 0 Å². The third-order valence-electron chi connectivity index (χ3n) is 5.64. The molecule has 1 atom stereocenters. The lowest BCUT2D eigenvalue weighted by Gasteiger charge is -2.16. The number of unbranched alkanes of at least 4 members (excludes halogenated alkanes) is 1. The Labute approximate surface area is 170 Å². The molecule has 0 unspecified atom stereocenters. The molecule has 0 radical (unpaired) electrons. The van der Waals surface area contributed by atoms with E-state index in [0.717, 1.165) is 46.5 Å². The van der Waals surface area contributed by atoms with Gasteiger partial charge >= 0.3 is 5.97 Å². The zero-order valence-electron chi connectivity index (χ0n) is 17.6. The molecule has 3 heterocycles. The molecule has 0 N–H and O–H groups in total. The lowest BCUT2D eigenvalue weighted by Crippen LogP contribution is -2.10. The van der Waals surface area contributed by atoms with Gasteiger partial charge in [0.2, 0.25) is 0 Å². The Kier molecular flexibility index (Phi) is 5.26. The molecule has 29 heavy (non-hydrogen) atoms. The molecule has 0 aliphatic rings. The Morgan fingerprint density at radius 1 is 1.17 bits per heavy atom. The van der Waals surface area contributed by atoms with Crippen LogP contribution in [0.25, 0.3) is 27.7 Å². The average Bonchev–Trinajstić information content (AvgIpc) is 3.23. The van der Waals surface area contributed by atoms with Gasteiger partial charge < -0.3 is 9.30 Å². The summed E-state index contributed by atoms with van der Waals surface area (Å²) in [4.78, 5) is 21.6. The van der Waals surface area contributed by atoms with E-state index in [-0.39, 0.29) is 5.97 Å². The molecule has 4 aromatic rings. The van der Waals surface area contributed by atoms with Gasteiger partial charge in [-0.2, -0.15) is 0 Å². The first-order chi connectivity index (χ1) is 14.0. The summed E-state index contributed by atoms with van der Waals surface area (Å²) in [6, 6.07) is 8.01. The van der Waals surface area contributed by atoms with Gasteiger partial charge in [0, 0.05) is 19.7 Å². The highest BCUT2D eigenvalue weighted by Crippen LogP contribution is 2.34. The molecule has 6 heteroatoms. The van der Waals surface area contributed by atoms with Crippen LogP contribution in [0.2, 0.25) is 0 Å². The quantitative estimate of drug-likeness (QED) is 0.401. The molecule has 0 fully saturated rings. The predicted molar refractivity (Wildman–Crippen MR) is 115 cm³/mol. The Morgan fingerprint density at radius 2 is 1.97 bits per heavy atom. The number of carbonyl (C=O) groups excluding carboxylic acids is 1. The smallest absolute Gasteiger partial charge is 0.308 e. The standard InChI is InChI=1S/C23H28N4O2/c1-5-7-10-17(6-2)13-26-14-20(29-16(4)28)21-22(26)24-15(3)27-19-12-9-8-11-18(19)25-23(21)27/h8-9,11-12,14,17H,5-7,10,13H2,1-4H3/t17-/m0/s1. The highest BCUT2D eigenvalue weighted by molar-refractivity contribution is 6.00. The van der Waals surface area contributed by atoms with Crippen molar-refractivity contribution >= 4 is 33.7 Å². The van der Waals surface area contributed by atoms with E-state index in [4.69, 9.17) is 14.7 Å². The fourth-order valence-corrected chi connectivity index (χ4v) is 4.14. The topological polar surface area (TPSA) is 61.4 Å². The largest absolute Gasteiger partial charge is 0.424 e. The summed E-state index contributed by atoms with van der Waals surface area (Å²) >= 11 is 0. The molecule has 6 nitrogen and oxygen atoms in total. The summed E-state index contributed by atoms with van der Waals surface area (Å²) in [5.41, 5.74) is 3.52. The maximum Gasteiger partial charge on any atom is 0.308 e. The van der Waals surface area contributed by atoms with Crippen LogP contribution in [0.3, 0.4) is 0 Å². The Hall–Kier alpha value is -2.89. The van der Waals surface area contributed by atoms with Crippen molar-refractivity contribution in [3.8, 4) is 5.75 Å². The minimum atomic E-state index is -0.336. The van der Waals surface area contributed by atoms with Gasteiger partial charge in [0.05, 0.1) is 11.0 Å². The molecule has 0 aliphatic heterocycles. The first kappa shape index (κ1) is 19.4. The maximum atomic E-state index is 11.8. The van der Waals surface area contributed by atoms with Crippen LogP contribution >= 0.6 is 0 Å². The number of benzene rings is 1. The van der Waals surface area contributed by atoms with Crippen molar-refractivity contribution in [3.63, 3.8) is 0 Å². The van der Waals surface area contributed by atoms with Crippen molar-refractivity contribution in [1.82, 2.24) is 18.9 Å². The molecule has 3 aromatic heterocycles. The van der Waals surface area contributed by atoms with E-state index in [9.17, 15) is 4.79 Å². The van der Waals surface area contributed by atoms with Gasteiger partial charge in [-0.3, -0.25) is 9.20 Å². The van der Waals surface area contributed by atoms with Gasteiger partial charge in [0.1, 0.15) is 16.9 Å². The van der Waals surface area contributed by atoms with Crippen molar-refractivity contribution < 1.29 is 9.53 Å². The summed E-state index contributed by atoms with van der Waals surface area (Å²) in [5.74, 6) is 1.63. The number of para-hydroxylation sites is 2. The van der Waals surface area contributed by atoms with Crippen LogP contribution in [0, 0.1) is 12.8 Å². The fourth-order valence-electron chi connectivity index (χ4n) is 4.14. The van der Waals surface area contributed by atoms with E-state index in [1.807, 2.05) is 41.8 Å². The third-order valence-corrected chi connectivity index (χ3v) is 5.64. The number of nitrogens with zero attached hydrogens (tertiary/aromatic N) is 4. The molecule has 0 amide bonds. The molecule has 0 saturated heterocycles. The second kappa shape index (κ2) is 7.85. The second-order valence-corrected chi connectivity index (χ2v) is 7.77. The molecule has 0 saturated carbocycles. The first-order valence-corrected chi connectivity index (χ1v) is 10.5. The molecule has 0 spiro atoms. The summed E-state index contributed by atoms with van der Waals surface area (Å²) in [6.07, 6.45) is 6.63. The molecule has 4 rings (SSSR count). The van der Waals surface area contributed by atoms with Gasteiger partial charge in [-0.05, 0) is 31.4 Å². The SMILES string of the molecule is CCCC[C@H](CC)Cn1cc(OC(C)=O)c2c1nc(C)n1c3ccccc3nc21. The lowest BCUT2D eigenvalue weighted by molar-refractivity contribution is -0.131. The summed E-state index contributed by atoms with van der Waals surface area (Å²) < 4.78 is 9.78. The molecular formula is C23H28N4O2. The van der Waals surface area contributed by atoms with Gasteiger partial charge in [-0.1, -0.05) is 45.2 Å². The first-order valence-electron chi connectivity index (χ1n) is 10.5. The van der Waals surface area contributed by atoms with E-state index < -0.39 is 0 Å². The van der Waals surface area contributed by atoms with Crippen LogP contribution in [-0.2, 0) is 11.3 Å². The maximum absolute atomic E-state index is 11.8. The van der Waals surface area contributed by atoms with Crippen molar-refractivity contribution in [3.05, 3.63) is 36.3 Å². The highest BCUT2D eigenvalue weighted by atomic mass is 16.5. The summed E-state index contributed by atoms with van der Waals surface area (Å²) in [7, 11) is 0. The van der Waals surface area contributed by atoms with E-state index in [2.05, 4.69) is 18.4 Å². The van der Waals surface area contributed by atoms with Crippen molar-refractivity contribution in [1.29, 1.82) is 0 Å². The van der Waals surface area contributed by atoms with Crippen LogP contribution < -0.4 is 4.74 Å². The fraction of sp³-hybridized carbons (Fsp3) is 0.435. The molecule has 152 valence electrons. The average molecular weight is 393 g/mol. The number of rotatable bonds is 7. The van der Waals surface area contributed by atoms with Crippen LogP contribution in [0.15, 0.2) is 30.5 Å². The molecule has 0 aliphatic carbocycles. The minimum absolute atomic E-state index is 0.336. The zero-order valence-corrected chi connectivity index (χ0v) is 17.6. The highest BCUT2D eigenvalue weighted by Gasteiger charge is 2.21. The van der Waals surface area contributed by atoms with Crippen molar-refractivity contribution in [2.45, 2.75) is 59.9 Å². The van der Waals surface area contributed by atoms with E-state index in [1.54, 1.807) is 0 Å². The van der Waals surface area contributed by atoms with E-state index >= 15 is 0 Å². The van der Waals surface area contributed by atoms with Crippen LogP contribution in [0.4, 0.5) is 0 Å². The normalized spacial score (nSPS) is 12.8. The number of aryl methyl sites for hydroxylation is 1. The van der Waals surface area contributed by atoms with Crippen LogP contribution in [0.5, 0.6) is 5.75 Å². The van der Waals surface area contributed by atoms with E-state index in [0.29, 0.717) is 11.7 Å². The number of carbonyl (C=O) groups is 1. The summed E-state index contributed by atoms with van der Waals surface area (Å²) in [6.45, 7) is 8.74. The second-order valence-electron chi connectivity index (χ2n) is 7.77. The minimum Gasteiger partial charge on any atom is -0.424 e. The van der Waals surface area contributed by atoms with Crippen LogP contribution in [0.1, 0.15) is 52.3 Å². The van der Waals surface area contributed by atoms with Gasteiger partial charge in [-0.25, -0.2) is 9.97 Å². The van der Waals surface area contributed by atoms with Gasteiger partial charge in [0.15, 0.2) is 11.4 Å². The number of ether oxygens (including phenoxy) is 1. The van der Waals surface area contributed by atoms with Gasteiger partial charge in [-0.15, -0.1) is 0 Å². The summed E-state index contributed by atoms with van der Waals surface area (Å²) in [5, 5.41) is 0.798. The Balaban J connectivity index is 1.95. The predicted octanol–water partition coefficient (Wildman–Crippen LogP) is 5.29. The number of fused-ring (bicyclic) bond motifs is 5. The van der Waals surface area contributed by atoms with E-state index in [1.165, 1.54) is 26.2 Å². The Morgan fingerprint density at radius 3 is 2.69 bits per heavy atom. The molecule has 1 aromatic carbocycles. The number of hydrogen-bond donors (Lipinski definition) is 0. The monoisotopic (exact) mass is 392 g/mol. The third kappa shape index (κ3) is 3.48. The molecular weight excluding hydrogens is 364 g/mol. The van der Waals surface area contributed by atoms with Crippen LogP contribution in [-0.4, -0.2) is 24.9 Å². The van der Waals surface area contributed by atoms with Crippen molar-refractivity contribution in [2.24, 2.45) is 5.92 Å². The Bertz CT molecular complexity index is 1190. The lowest BCUT2D eigenvalue weighted by atomic mass is 9.99.